The van der Waals surface area contributed by atoms with Crippen molar-refractivity contribution in [1.82, 2.24) is 9.78 Å². The normalized spacial score (nSPS) is 28.6. The minimum atomic E-state index is 0.344. The fourth-order valence-corrected chi connectivity index (χ4v) is 2.44. The number of rotatable bonds is 4. The molecule has 3 rings (SSSR count). The summed E-state index contributed by atoms with van der Waals surface area (Å²) >= 11 is 0. The maximum atomic E-state index is 5.91. The first-order valence-electron chi connectivity index (χ1n) is 6.68. The molecular formula is C13H21N3O. The van der Waals surface area contributed by atoms with Crippen molar-refractivity contribution in [2.45, 2.75) is 51.1 Å². The van der Waals surface area contributed by atoms with Gasteiger partial charge >= 0.3 is 0 Å². The smallest absolute Gasteiger partial charge is 0.160 e. The summed E-state index contributed by atoms with van der Waals surface area (Å²) in [6.45, 7) is 2.77. The van der Waals surface area contributed by atoms with Crippen molar-refractivity contribution in [3.8, 4) is 5.75 Å². The Morgan fingerprint density at radius 3 is 2.76 bits per heavy atom. The molecule has 0 amide bonds. The minimum absolute atomic E-state index is 0.344. The van der Waals surface area contributed by atoms with Gasteiger partial charge in [-0.2, -0.15) is 5.10 Å². The van der Waals surface area contributed by atoms with E-state index in [1.807, 2.05) is 6.92 Å². The summed E-state index contributed by atoms with van der Waals surface area (Å²) in [5, 5.41) is 4.53. The van der Waals surface area contributed by atoms with Gasteiger partial charge < -0.3 is 10.5 Å². The third kappa shape index (κ3) is 2.06. The zero-order valence-electron chi connectivity index (χ0n) is 10.4. The van der Waals surface area contributed by atoms with Gasteiger partial charge in [-0.25, -0.2) is 0 Å². The Morgan fingerprint density at radius 2 is 2.24 bits per heavy atom. The van der Waals surface area contributed by atoms with Crippen LogP contribution in [0.3, 0.4) is 0 Å². The average molecular weight is 235 g/mol. The number of aromatic nitrogens is 2. The number of hydrogen-bond acceptors (Lipinski definition) is 3. The summed E-state index contributed by atoms with van der Waals surface area (Å²) in [7, 11) is 0. The van der Waals surface area contributed by atoms with Crippen molar-refractivity contribution in [3.05, 3.63) is 11.9 Å². The van der Waals surface area contributed by atoms with E-state index in [0.717, 1.165) is 24.5 Å². The van der Waals surface area contributed by atoms with Crippen LogP contribution >= 0.6 is 0 Å². The van der Waals surface area contributed by atoms with Crippen molar-refractivity contribution in [1.29, 1.82) is 0 Å². The molecule has 0 unspecified atom stereocenters. The first kappa shape index (κ1) is 11.1. The van der Waals surface area contributed by atoms with Crippen LogP contribution in [-0.4, -0.2) is 22.4 Å². The summed E-state index contributed by atoms with van der Waals surface area (Å²) in [4.78, 5) is 0. The molecule has 0 saturated heterocycles. The first-order chi connectivity index (χ1) is 8.24. The number of nitrogens with zero attached hydrogens (tertiary/aromatic N) is 2. The summed E-state index contributed by atoms with van der Waals surface area (Å²) < 4.78 is 7.93. The highest BCUT2D eigenvalue weighted by Gasteiger charge is 2.28. The third-order valence-electron chi connectivity index (χ3n) is 4.25. The van der Waals surface area contributed by atoms with Crippen LogP contribution in [0.25, 0.3) is 0 Å². The number of hydrogen-bond donors (Lipinski definition) is 1. The van der Waals surface area contributed by atoms with E-state index < -0.39 is 0 Å². The molecule has 2 N–H and O–H groups in total. The molecule has 4 nitrogen and oxygen atoms in total. The van der Waals surface area contributed by atoms with Crippen LogP contribution in [0.4, 0.5) is 0 Å². The van der Waals surface area contributed by atoms with E-state index >= 15 is 0 Å². The fourth-order valence-electron chi connectivity index (χ4n) is 2.44. The second-order valence-electron chi connectivity index (χ2n) is 5.46. The van der Waals surface area contributed by atoms with E-state index in [0.29, 0.717) is 18.0 Å². The molecule has 0 radical (unpaired) electrons. The van der Waals surface area contributed by atoms with E-state index in [1.165, 1.54) is 25.7 Å². The number of nitrogens with two attached hydrogens (primary N) is 1. The molecule has 2 atom stereocenters. The molecule has 1 heterocycles. The predicted molar refractivity (Wildman–Crippen MR) is 66.0 cm³/mol. The number of aryl methyl sites for hydroxylation is 1. The van der Waals surface area contributed by atoms with Gasteiger partial charge in [-0.15, -0.1) is 0 Å². The third-order valence-corrected chi connectivity index (χ3v) is 4.25. The molecule has 2 saturated carbocycles. The van der Waals surface area contributed by atoms with Crippen molar-refractivity contribution < 1.29 is 4.74 Å². The lowest BCUT2D eigenvalue weighted by atomic mass is 9.81. The van der Waals surface area contributed by atoms with Gasteiger partial charge in [-0.1, -0.05) is 0 Å². The minimum Gasteiger partial charge on any atom is -0.490 e. The average Bonchev–Trinajstić information content (AvgIpc) is 2.55. The topological polar surface area (TPSA) is 53.1 Å². The second kappa shape index (κ2) is 4.33. The molecule has 2 aliphatic carbocycles. The van der Waals surface area contributed by atoms with Crippen LogP contribution in [0.5, 0.6) is 5.75 Å². The molecule has 1 aromatic heterocycles. The van der Waals surface area contributed by atoms with Gasteiger partial charge in [0.05, 0.1) is 18.8 Å². The molecule has 2 aliphatic rings. The fraction of sp³-hybridized carbons (Fsp3) is 0.769. The van der Waals surface area contributed by atoms with Crippen LogP contribution in [0, 0.1) is 12.8 Å². The van der Waals surface area contributed by atoms with E-state index in [-0.39, 0.29) is 0 Å². The van der Waals surface area contributed by atoms with Gasteiger partial charge in [0.2, 0.25) is 0 Å². The summed E-state index contributed by atoms with van der Waals surface area (Å²) in [5.41, 5.74) is 6.91. The number of ether oxygens (including phenoxy) is 1. The van der Waals surface area contributed by atoms with Crippen molar-refractivity contribution in [3.63, 3.8) is 0 Å². The van der Waals surface area contributed by atoms with Gasteiger partial charge in [-0.3, -0.25) is 4.68 Å². The Labute approximate surface area is 102 Å². The van der Waals surface area contributed by atoms with Gasteiger partial charge in [0, 0.05) is 12.0 Å². The van der Waals surface area contributed by atoms with Gasteiger partial charge in [0.15, 0.2) is 5.75 Å². The van der Waals surface area contributed by atoms with E-state index in [9.17, 15) is 0 Å². The zero-order chi connectivity index (χ0) is 11.8. The summed E-state index contributed by atoms with van der Waals surface area (Å²) in [6.07, 6.45) is 8.26. The monoisotopic (exact) mass is 235 g/mol. The summed E-state index contributed by atoms with van der Waals surface area (Å²) in [5.74, 6) is 1.48. The van der Waals surface area contributed by atoms with E-state index in [2.05, 4.69) is 16.0 Å². The molecule has 0 aliphatic heterocycles. The molecule has 2 fully saturated rings. The van der Waals surface area contributed by atoms with E-state index in [1.54, 1.807) is 0 Å². The largest absolute Gasteiger partial charge is 0.490 e. The molecular weight excluding hydrogens is 214 g/mol. The van der Waals surface area contributed by atoms with Crippen molar-refractivity contribution >= 4 is 0 Å². The lowest BCUT2D eigenvalue weighted by molar-refractivity contribution is 0.152. The van der Waals surface area contributed by atoms with Crippen molar-refractivity contribution in [2.24, 2.45) is 11.7 Å². The summed E-state index contributed by atoms with van der Waals surface area (Å²) in [6, 6.07) is 0.953. The Balaban J connectivity index is 1.60. The molecule has 0 spiro atoms. The lowest BCUT2D eigenvalue weighted by Crippen LogP contribution is -2.42. The van der Waals surface area contributed by atoms with Crippen LogP contribution < -0.4 is 10.5 Å². The van der Waals surface area contributed by atoms with Gasteiger partial charge in [-0.05, 0) is 39.0 Å². The van der Waals surface area contributed by atoms with Gasteiger partial charge in [0.1, 0.15) is 5.69 Å². The molecule has 0 aromatic carbocycles. The van der Waals surface area contributed by atoms with E-state index in [4.69, 9.17) is 10.5 Å². The highest BCUT2D eigenvalue weighted by atomic mass is 16.5. The second-order valence-corrected chi connectivity index (χ2v) is 5.46. The molecule has 94 valence electrons. The molecule has 1 aromatic rings. The Morgan fingerprint density at radius 1 is 1.41 bits per heavy atom. The zero-order valence-corrected chi connectivity index (χ0v) is 10.4. The first-order valence-corrected chi connectivity index (χ1v) is 6.68. The quantitative estimate of drug-likeness (QED) is 0.868. The highest BCUT2D eigenvalue weighted by molar-refractivity contribution is 5.23. The molecule has 0 bridgehead atoms. The van der Waals surface area contributed by atoms with Crippen LogP contribution in [0.1, 0.15) is 43.8 Å². The SMILES string of the molecule is Cc1nn(C2CCC2)cc1OC[C@@H]1CC[C@H]1N. The maximum Gasteiger partial charge on any atom is 0.160 e. The molecule has 4 heteroatoms. The molecule has 17 heavy (non-hydrogen) atoms. The Hall–Kier alpha value is -1.03. The van der Waals surface area contributed by atoms with Crippen LogP contribution in [-0.2, 0) is 0 Å². The lowest BCUT2D eigenvalue weighted by Gasteiger charge is -2.33. The van der Waals surface area contributed by atoms with Crippen LogP contribution in [0.15, 0.2) is 6.20 Å². The Bertz CT molecular complexity index is 397. The Kier molecular flexibility index (Phi) is 2.82. The van der Waals surface area contributed by atoms with Crippen LogP contribution in [0.2, 0.25) is 0 Å². The predicted octanol–water partition coefficient (Wildman–Crippen LogP) is 2.03. The van der Waals surface area contributed by atoms with Crippen molar-refractivity contribution in [2.75, 3.05) is 6.61 Å². The highest BCUT2D eigenvalue weighted by Crippen LogP contribution is 2.33. The maximum absolute atomic E-state index is 5.91. The standard InChI is InChI=1S/C13H21N3O/c1-9-13(17-8-10-5-6-12(10)14)7-16(15-9)11-3-2-4-11/h7,10-12H,2-6,8,14H2,1H3/t10-,12+/m0/s1. The van der Waals surface area contributed by atoms with Gasteiger partial charge in [0.25, 0.3) is 0 Å².